The summed E-state index contributed by atoms with van der Waals surface area (Å²) in [5.41, 5.74) is 1.06. The van der Waals surface area contributed by atoms with E-state index in [2.05, 4.69) is 15.3 Å². The van der Waals surface area contributed by atoms with Crippen molar-refractivity contribution in [2.24, 2.45) is 5.92 Å². The maximum Gasteiger partial charge on any atom is 0.491 e. The van der Waals surface area contributed by atoms with Crippen molar-refractivity contribution in [3.05, 3.63) is 47.8 Å². The molecule has 0 aliphatic carbocycles. The first-order valence-corrected chi connectivity index (χ1v) is 9.03. The molecule has 9 nitrogen and oxygen atoms in total. The highest BCUT2D eigenvalue weighted by atomic mass is 16.5. The summed E-state index contributed by atoms with van der Waals surface area (Å²) in [4.78, 5) is 35.0. The smallest absolute Gasteiger partial charge is 0.423 e. The minimum atomic E-state index is -1.63. The lowest BCUT2D eigenvalue weighted by Crippen LogP contribution is -2.50. The van der Waals surface area contributed by atoms with Gasteiger partial charge in [0.1, 0.15) is 0 Å². The van der Waals surface area contributed by atoms with Gasteiger partial charge in [-0.1, -0.05) is 12.1 Å². The summed E-state index contributed by atoms with van der Waals surface area (Å²) in [5, 5.41) is 21.3. The Morgan fingerprint density at radius 2 is 1.79 bits per heavy atom. The number of amides is 2. The van der Waals surface area contributed by atoms with Crippen LogP contribution < -0.4 is 10.8 Å². The first-order valence-electron chi connectivity index (χ1n) is 9.03. The molecule has 3 heterocycles. The van der Waals surface area contributed by atoms with Gasteiger partial charge in [-0.3, -0.25) is 14.5 Å². The van der Waals surface area contributed by atoms with Crippen LogP contribution in [0.15, 0.2) is 36.7 Å². The van der Waals surface area contributed by atoms with Gasteiger partial charge in [0.2, 0.25) is 5.95 Å². The van der Waals surface area contributed by atoms with E-state index in [0.29, 0.717) is 43.3 Å². The summed E-state index contributed by atoms with van der Waals surface area (Å²) in [6.07, 6.45) is 3.20. The molecule has 2 aliphatic rings. The highest BCUT2D eigenvalue weighted by molar-refractivity contribution is 6.58. The number of ether oxygens (including phenoxy) is 1. The molecule has 1 fully saturated rings. The second-order valence-electron chi connectivity index (χ2n) is 6.81. The molecule has 1 saturated heterocycles. The van der Waals surface area contributed by atoms with Gasteiger partial charge in [-0.05, 0) is 18.6 Å². The molecule has 0 saturated carbocycles. The van der Waals surface area contributed by atoms with Crippen molar-refractivity contribution >= 4 is 30.3 Å². The predicted octanol–water partition coefficient (Wildman–Crippen LogP) is -0.730. The van der Waals surface area contributed by atoms with E-state index in [1.54, 1.807) is 24.3 Å². The van der Waals surface area contributed by atoms with Crippen molar-refractivity contribution in [2.75, 3.05) is 25.1 Å². The number of carbonyl (C=O) groups is 2. The number of rotatable bonds is 5. The standard InChI is InChI=1S/C18H19BN4O5/c24-16-13-3-1-2-4-14(13)17(25)23(16)15-5-6-28-10-11(15)7-20-18-21-8-12(9-22-18)19(26)27/h1-4,8-9,11,15,26-27H,5-7,10H2,(H,20,21,22)/t11?,15-/m0/s1. The average Bonchev–Trinajstić information content (AvgIpc) is 2.97. The number of hydrogen-bond donors (Lipinski definition) is 3. The quantitative estimate of drug-likeness (QED) is 0.457. The highest BCUT2D eigenvalue weighted by Crippen LogP contribution is 2.30. The van der Waals surface area contributed by atoms with Crippen LogP contribution in [-0.4, -0.2) is 69.6 Å². The molecule has 3 N–H and O–H groups in total. The van der Waals surface area contributed by atoms with Crippen LogP contribution in [0.25, 0.3) is 0 Å². The lowest BCUT2D eigenvalue weighted by atomic mass is 9.83. The molecule has 10 heteroatoms. The topological polar surface area (TPSA) is 125 Å². The average molecular weight is 382 g/mol. The van der Waals surface area contributed by atoms with Crippen molar-refractivity contribution in [3.63, 3.8) is 0 Å². The van der Waals surface area contributed by atoms with Crippen molar-refractivity contribution in [3.8, 4) is 0 Å². The van der Waals surface area contributed by atoms with Gasteiger partial charge >= 0.3 is 7.12 Å². The molecular weight excluding hydrogens is 363 g/mol. The van der Waals surface area contributed by atoms with Gasteiger partial charge in [0.25, 0.3) is 11.8 Å². The van der Waals surface area contributed by atoms with Crippen LogP contribution in [0, 0.1) is 5.92 Å². The first-order chi connectivity index (χ1) is 13.6. The fourth-order valence-electron chi connectivity index (χ4n) is 3.61. The molecule has 28 heavy (non-hydrogen) atoms. The van der Waals surface area contributed by atoms with E-state index in [4.69, 9.17) is 14.8 Å². The molecule has 4 rings (SSSR count). The van der Waals surface area contributed by atoms with Gasteiger partial charge in [0.15, 0.2) is 0 Å². The molecule has 2 aromatic rings. The fraction of sp³-hybridized carbons (Fsp3) is 0.333. The van der Waals surface area contributed by atoms with E-state index >= 15 is 0 Å². The number of hydrogen-bond acceptors (Lipinski definition) is 8. The van der Waals surface area contributed by atoms with E-state index in [1.807, 2.05) is 0 Å². The first kappa shape index (κ1) is 18.5. The van der Waals surface area contributed by atoms with Crippen LogP contribution in [0.4, 0.5) is 5.95 Å². The van der Waals surface area contributed by atoms with Crippen molar-refractivity contribution < 1.29 is 24.4 Å². The SMILES string of the molecule is O=C1c2ccccc2C(=O)N1[C@H]1CCOCC1CNc1ncc(B(O)O)cn1. The van der Waals surface area contributed by atoms with Crippen molar-refractivity contribution in [1.82, 2.24) is 14.9 Å². The third-order valence-corrected chi connectivity index (χ3v) is 5.08. The molecule has 1 aromatic heterocycles. The monoisotopic (exact) mass is 382 g/mol. The normalized spacial score (nSPS) is 21.6. The van der Waals surface area contributed by atoms with E-state index < -0.39 is 7.12 Å². The molecule has 1 unspecified atom stereocenters. The molecule has 0 spiro atoms. The van der Waals surface area contributed by atoms with Gasteiger partial charge in [-0.15, -0.1) is 0 Å². The Labute approximate surface area is 161 Å². The zero-order valence-corrected chi connectivity index (χ0v) is 15.0. The zero-order chi connectivity index (χ0) is 19.7. The molecular formula is C18H19BN4O5. The number of benzene rings is 1. The Morgan fingerprint density at radius 1 is 1.14 bits per heavy atom. The second kappa shape index (κ2) is 7.66. The molecule has 0 bridgehead atoms. The van der Waals surface area contributed by atoms with Gasteiger partial charge in [0.05, 0.1) is 17.7 Å². The number of carbonyl (C=O) groups excluding carboxylic acids is 2. The van der Waals surface area contributed by atoms with Gasteiger partial charge in [-0.25, -0.2) is 9.97 Å². The molecule has 1 aromatic carbocycles. The fourth-order valence-corrected chi connectivity index (χ4v) is 3.61. The van der Waals surface area contributed by atoms with Crippen LogP contribution in [0.1, 0.15) is 27.1 Å². The summed E-state index contributed by atoms with van der Waals surface area (Å²) in [7, 11) is -1.63. The van der Waals surface area contributed by atoms with E-state index in [9.17, 15) is 9.59 Å². The minimum absolute atomic E-state index is 0.123. The number of anilines is 1. The van der Waals surface area contributed by atoms with Gasteiger partial charge in [0, 0.05) is 43.0 Å². The Balaban J connectivity index is 1.48. The number of imide groups is 1. The molecule has 2 amide bonds. The molecule has 2 atom stereocenters. The number of fused-ring (bicyclic) bond motifs is 1. The lowest BCUT2D eigenvalue weighted by molar-refractivity contribution is 0.00118. The number of nitrogens with zero attached hydrogens (tertiary/aromatic N) is 3. The summed E-state index contributed by atoms with van der Waals surface area (Å²) in [5.74, 6) is -0.344. The third kappa shape index (κ3) is 3.37. The van der Waals surface area contributed by atoms with Crippen LogP contribution in [0.3, 0.4) is 0 Å². The molecule has 144 valence electrons. The van der Waals surface area contributed by atoms with Gasteiger partial charge in [-0.2, -0.15) is 0 Å². The molecule has 0 radical (unpaired) electrons. The number of nitrogens with one attached hydrogen (secondary N) is 1. The molecule has 2 aliphatic heterocycles. The minimum Gasteiger partial charge on any atom is -0.423 e. The lowest BCUT2D eigenvalue weighted by Gasteiger charge is -2.36. The van der Waals surface area contributed by atoms with Crippen molar-refractivity contribution in [1.29, 1.82) is 0 Å². The van der Waals surface area contributed by atoms with E-state index in [-0.39, 0.29) is 29.2 Å². The third-order valence-electron chi connectivity index (χ3n) is 5.08. The zero-order valence-electron chi connectivity index (χ0n) is 15.0. The largest absolute Gasteiger partial charge is 0.491 e. The summed E-state index contributed by atoms with van der Waals surface area (Å²) < 4.78 is 5.56. The summed E-state index contributed by atoms with van der Waals surface area (Å²) >= 11 is 0. The van der Waals surface area contributed by atoms with E-state index in [1.165, 1.54) is 17.3 Å². The second-order valence-corrected chi connectivity index (χ2v) is 6.81. The van der Waals surface area contributed by atoms with Crippen LogP contribution >= 0.6 is 0 Å². The summed E-state index contributed by atoms with van der Waals surface area (Å²) in [6, 6.07) is 6.56. The van der Waals surface area contributed by atoms with Gasteiger partial charge < -0.3 is 20.1 Å². The summed E-state index contributed by atoms with van der Waals surface area (Å²) in [6.45, 7) is 1.28. The maximum atomic E-state index is 12.8. The maximum absolute atomic E-state index is 12.8. The van der Waals surface area contributed by atoms with Crippen LogP contribution in [0.2, 0.25) is 0 Å². The Morgan fingerprint density at radius 3 is 2.39 bits per heavy atom. The Kier molecular flexibility index (Phi) is 5.08. The highest BCUT2D eigenvalue weighted by Gasteiger charge is 2.43. The Hall–Kier alpha value is -2.82. The van der Waals surface area contributed by atoms with E-state index in [0.717, 1.165) is 0 Å². The number of aromatic nitrogens is 2. The van der Waals surface area contributed by atoms with Crippen molar-refractivity contribution in [2.45, 2.75) is 12.5 Å². The van der Waals surface area contributed by atoms with Crippen LogP contribution in [0.5, 0.6) is 0 Å². The predicted molar refractivity (Wildman–Crippen MR) is 100 cm³/mol. The van der Waals surface area contributed by atoms with Crippen LogP contribution in [-0.2, 0) is 4.74 Å². The Bertz CT molecular complexity index is 857.